The molecule has 0 spiro atoms. The average Bonchev–Trinajstić information content (AvgIpc) is 3.41. The molecule has 352 valence electrons. The minimum Gasteiger partial charge on any atom is -0.264 e. The van der Waals surface area contributed by atoms with Crippen molar-refractivity contribution in [2.45, 2.75) is 27.7 Å². The zero-order valence-corrected chi connectivity index (χ0v) is 42.2. The molecule has 0 saturated carbocycles. The number of aromatic nitrogens is 9. The molecule has 0 amide bonds. The molecule has 0 aliphatic carbocycles. The van der Waals surface area contributed by atoms with Gasteiger partial charge in [-0.05, 0) is 128 Å². The van der Waals surface area contributed by atoms with Crippen LogP contribution in [0.15, 0.2) is 214 Å². The fourth-order valence-corrected chi connectivity index (χ4v) is 9.35. The number of hydrogen-bond donors (Lipinski definition) is 0. The third kappa shape index (κ3) is 10.2. The van der Waals surface area contributed by atoms with Gasteiger partial charge in [-0.3, -0.25) is 4.98 Å². The van der Waals surface area contributed by atoms with Crippen LogP contribution >= 0.6 is 0 Å². The molecule has 6 aromatic carbocycles. The molecular formula is C63H59N9+4. The Balaban J connectivity index is 0.000000119. The largest absolute Gasteiger partial charge is 0.330 e. The van der Waals surface area contributed by atoms with Crippen molar-refractivity contribution in [3.63, 3.8) is 0 Å². The predicted molar refractivity (Wildman–Crippen MR) is 290 cm³/mol. The van der Waals surface area contributed by atoms with Crippen LogP contribution in [0.2, 0.25) is 0 Å². The molecule has 6 aromatic heterocycles. The van der Waals surface area contributed by atoms with Crippen LogP contribution in [0.5, 0.6) is 0 Å². The van der Waals surface area contributed by atoms with Crippen LogP contribution in [0.1, 0.15) is 22.3 Å². The van der Waals surface area contributed by atoms with E-state index in [4.69, 9.17) is 0 Å². The van der Waals surface area contributed by atoms with Gasteiger partial charge in [0.05, 0.1) is 56.4 Å². The number of pyridine rings is 3. The molecule has 0 radical (unpaired) electrons. The zero-order chi connectivity index (χ0) is 50.1. The van der Waals surface area contributed by atoms with Crippen molar-refractivity contribution in [1.29, 1.82) is 0 Å². The Hall–Kier alpha value is -8.95. The first-order chi connectivity index (χ1) is 35.1. The fraction of sp³-hybridized carbons (Fsp3) is 0.127. The summed E-state index contributed by atoms with van der Waals surface area (Å²) in [6, 6.07) is 52.2. The Morgan fingerprint density at radius 3 is 1.17 bits per heavy atom. The molecule has 72 heavy (non-hydrogen) atoms. The molecule has 0 bridgehead atoms. The highest BCUT2D eigenvalue weighted by atomic mass is 15.0. The first-order valence-electron chi connectivity index (χ1n) is 24.1. The van der Waals surface area contributed by atoms with Crippen molar-refractivity contribution in [1.82, 2.24) is 24.9 Å². The van der Waals surface area contributed by atoms with E-state index >= 15 is 0 Å². The Labute approximate surface area is 421 Å². The summed E-state index contributed by atoms with van der Waals surface area (Å²) in [7, 11) is 8.11. The first-order valence-corrected chi connectivity index (χ1v) is 24.1. The maximum absolute atomic E-state index is 4.62. The van der Waals surface area contributed by atoms with Gasteiger partial charge in [-0.15, -0.1) is 0 Å². The number of nitrogens with zero attached hydrogens (tertiary/aromatic N) is 9. The summed E-state index contributed by atoms with van der Waals surface area (Å²) in [5, 5.41) is 9.99. The molecule has 0 atom stereocenters. The van der Waals surface area contributed by atoms with E-state index in [2.05, 4.69) is 182 Å². The summed E-state index contributed by atoms with van der Waals surface area (Å²) in [6.45, 7) is 8.59. The van der Waals surface area contributed by atoms with Crippen LogP contribution in [0, 0.1) is 27.7 Å². The van der Waals surface area contributed by atoms with Crippen LogP contribution in [0.4, 0.5) is 0 Å². The van der Waals surface area contributed by atoms with E-state index in [-0.39, 0.29) is 0 Å². The summed E-state index contributed by atoms with van der Waals surface area (Å²) in [4.78, 5) is 22.2. The smallest absolute Gasteiger partial charge is 0.264 e. The molecule has 0 aliphatic heterocycles. The summed E-state index contributed by atoms with van der Waals surface area (Å²) >= 11 is 0. The number of fused-ring (bicyclic) bond motifs is 4. The summed E-state index contributed by atoms with van der Waals surface area (Å²) in [6.07, 6.45) is 19.3. The normalized spacial score (nSPS) is 10.8. The van der Waals surface area contributed by atoms with Crippen molar-refractivity contribution in [3.05, 3.63) is 236 Å². The maximum atomic E-state index is 4.62. The van der Waals surface area contributed by atoms with Gasteiger partial charge < -0.3 is 0 Å². The van der Waals surface area contributed by atoms with Gasteiger partial charge in [0.1, 0.15) is 31.3 Å². The summed E-state index contributed by atoms with van der Waals surface area (Å²) in [5.74, 6) is 2.98. The third-order valence-corrected chi connectivity index (χ3v) is 13.3. The SMILES string of the molecule is Cc1c(-c2cccc[n+]2C)ncc2ccccc12.Cc1c(-c2nccc[n+]2C)ccc2ccccc12.Cc1c(-c2nccc[n+]2C)ccc2ccccc12.Cc1c(-c2nccc[n+]2C)ccc2cnccc12. The highest BCUT2D eigenvalue weighted by Gasteiger charge is 2.19. The summed E-state index contributed by atoms with van der Waals surface area (Å²) < 4.78 is 8.24. The molecule has 0 fully saturated rings. The molecule has 12 rings (SSSR count). The molecule has 0 saturated heterocycles. The number of benzene rings is 6. The quantitative estimate of drug-likeness (QED) is 0.164. The lowest BCUT2D eigenvalue weighted by atomic mass is 9.99. The second-order valence-electron chi connectivity index (χ2n) is 17.9. The Kier molecular flexibility index (Phi) is 14.5. The molecule has 0 unspecified atom stereocenters. The van der Waals surface area contributed by atoms with Crippen LogP contribution in [0.25, 0.3) is 88.6 Å². The van der Waals surface area contributed by atoms with E-state index in [0.29, 0.717) is 0 Å². The monoisotopic (exact) mass is 941 g/mol. The van der Waals surface area contributed by atoms with E-state index in [1.807, 2.05) is 131 Å². The first kappa shape index (κ1) is 48.1. The standard InChI is InChI=1S/3C16H15N2.C15H14N3/c1-12-14-8-4-3-7-13(14)11-17-16(12)15-9-5-6-10-18(15)2;2*1-12-14-7-4-3-6-13(14)8-9-15(12)16-17-10-5-11-18(16)2;1-11-13-6-8-16-10-12(13)4-5-14(11)15-17-7-3-9-18(15)2/h3*3-11H,1-2H3;3-10H,1-2H3/q4*+1. The maximum Gasteiger partial charge on any atom is 0.330 e. The van der Waals surface area contributed by atoms with Crippen molar-refractivity contribution < 1.29 is 18.3 Å². The molecule has 9 nitrogen and oxygen atoms in total. The van der Waals surface area contributed by atoms with Crippen molar-refractivity contribution in [2.24, 2.45) is 28.2 Å². The van der Waals surface area contributed by atoms with E-state index in [1.54, 1.807) is 0 Å². The van der Waals surface area contributed by atoms with Crippen LogP contribution in [-0.2, 0) is 28.2 Å². The van der Waals surface area contributed by atoms with Gasteiger partial charge in [0.25, 0.3) is 0 Å². The minimum absolute atomic E-state index is 0.980. The lowest BCUT2D eigenvalue weighted by molar-refractivity contribution is -0.663. The van der Waals surface area contributed by atoms with Crippen molar-refractivity contribution in [3.8, 4) is 45.6 Å². The molecule has 6 heterocycles. The van der Waals surface area contributed by atoms with Gasteiger partial charge in [-0.25, -0.2) is 18.7 Å². The third-order valence-electron chi connectivity index (χ3n) is 13.3. The lowest BCUT2D eigenvalue weighted by Crippen LogP contribution is -2.31. The molecule has 12 aromatic rings. The van der Waals surface area contributed by atoms with Gasteiger partial charge >= 0.3 is 17.5 Å². The van der Waals surface area contributed by atoms with Crippen molar-refractivity contribution in [2.75, 3.05) is 0 Å². The van der Waals surface area contributed by atoms with E-state index in [1.165, 1.54) is 71.1 Å². The van der Waals surface area contributed by atoms with Crippen LogP contribution in [-0.4, -0.2) is 24.9 Å². The second-order valence-corrected chi connectivity index (χ2v) is 17.9. The minimum atomic E-state index is 0.980. The molecular weight excluding hydrogens is 883 g/mol. The van der Waals surface area contributed by atoms with Gasteiger partial charge in [-0.1, -0.05) is 91.0 Å². The molecule has 0 aliphatic rings. The van der Waals surface area contributed by atoms with Gasteiger partial charge in [-0.2, -0.15) is 4.57 Å². The predicted octanol–water partition coefficient (Wildman–Crippen LogP) is 11.5. The van der Waals surface area contributed by atoms with Crippen LogP contribution < -0.4 is 18.3 Å². The number of hydrogen-bond acceptors (Lipinski definition) is 5. The van der Waals surface area contributed by atoms with Gasteiger partial charge in [0.2, 0.25) is 5.69 Å². The molecule has 9 heteroatoms. The number of aryl methyl sites for hydroxylation is 8. The highest BCUT2D eigenvalue weighted by Crippen LogP contribution is 2.30. The van der Waals surface area contributed by atoms with E-state index in [9.17, 15) is 0 Å². The van der Waals surface area contributed by atoms with E-state index in [0.717, 1.165) is 39.8 Å². The number of rotatable bonds is 4. The summed E-state index contributed by atoms with van der Waals surface area (Å²) in [5.41, 5.74) is 10.8. The second kappa shape index (κ2) is 21.8. The fourth-order valence-electron chi connectivity index (χ4n) is 9.35. The lowest BCUT2D eigenvalue weighted by Gasteiger charge is -2.06. The Morgan fingerprint density at radius 2 is 0.694 bits per heavy atom. The van der Waals surface area contributed by atoms with Gasteiger partial charge in [0, 0.05) is 59.7 Å². The van der Waals surface area contributed by atoms with Crippen molar-refractivity contribution >= 4 is 43.1 Å². The molecule has 0 N–H and O–H groups in total. The Bertz CT molecular complexity index is 3380. The topological polar surface area (TPSA) is 80.0 Å². The average molecular weight is 942 g/mol. The van der Waals surface area contributed by atoms with Crippen LogP contribution in [0.3, 0.4) is 0 Å². The highest BCUT2D eigenvalue weighted by molar-refractivity contribution is 5.92. The Morgan fingerprint density at radius 1 is 0.306 bits per heavy atom. The van der Waals surface area contributed by atoms with Gasteiger partial charge in [0.15, 0.2) is 6.20 Å². The van der Waals surface area contributed by atoms with E-state index < -0.39 is 0 Å². The zero-order valence-electron chi connectivity index (χ0n) is 42.2.